The summed E-state index contributed by atoms with van der Waals surface area (Å²) in [6.07, 6.45) is 3.34. The van der Waals surface area contributed by atoms with Crippen molar-refractivity contribution in [3.63, 3.8) is 0 Å². The topological polar surface area (TPSA) is 55.8 Å². The third-order valence-electron chi connectivity index (χ3n) is 3.79. The molecule has 1 fully saturated rings. The largest absolute Gasteiger partial charge is 0.490 e. The quantitative estimate of drug-likeness (QED) is 0.906. The van der Waals surface area contributed by atoms with Gasteiger partial charge in [0.1, 0.15) is 0 Å². The van der Waals surface area contributed by atoms with Crippen molar-refractivity contribution in [1.29, 1.82) is 0 Å². The summed E-state index contributed by atoms with van der Waals surface area (Å²) < 4.78 is 11.3. The summed E-state index contributed by atoms with van der Waals surface area (Å²) in [5.74, 6) is 1.41. The van der Waals surface area contributed by atoms with Crippen LogP contribution in [-0.2, 0) is 4.79 Å². The van der Waals surface area contributed by atoms with Gasteiger partial charge in [-0.25, -0.2) is 0 Å². The first-order valence-electron chi connectivity index (χ1n) is 6.85. The molecule has 0 saturated heterocycles. The van der Waals surface area contributed by atoms with Crippen LogP contribution in [-0.4, -0.2) is 24.3 Å². The molecule has 0 radical (unpaired) electrons. The van der Waals surface area contributed by atoms with E-state index in [1.807, 2.05) is 18.2 Å². The Hall–Kier alpha value is -1.71. The van der Waals surface area contributed by atoms with Crippen molar-refractivity contribution >= 4 is 5.97 Å². The summed E-state index contributed by atoms with van der Waals surface area (Å²) in [6, 6.07) is 5.86. The SMILES string of the molecule is O=C(O)CC(c1ccc2c(c1)OCCCO2)C1CC1. The van der Waals surface area contributed by atoms with Crippen molar-refractivity contribution in [3.8, 4) is 11.5 Å². The van der Waals surface area contributed by atoms with Crippen LogP contribution in [0.25, 0.3) is 0 Å². The highest BCUT2D eigenvalue weighted by Gasteiger charge is 2.34. The third-order valence-corrected chi connectivity index (χ3v) is 3.79. The van der Waals surface area contributed by atoms with Crippen LogP contribution >= 0.6 is 0 Å². The molecule has 4 heteroatoms. The lowest BCUT2D eigenvalue weighted by Gasteiger charge is -2.16. The van der Waals surface area contributed by atoms with E-state index < -0.39 is 5.97 Å². The first-order chi connectivity index (χ1) is 9.24. The van der Waals surface area contributed by atoms with Gasteiger partial charge in [0.2, 0.25) is 0 Å². The molecule has 1 heterocycles. The molecule has 4 nitrogen and oxygen atoms in total. The zero-order valence-electron chi connectivity index (χ0n) is 10.8. The maximum absolute atomic E-state index is 11.0. The standard InChI is InChI=1S/C15H18O4/c16-15(17)9-12(10-2-3-10)11-4-5-13-14(8-11)19-7-1-6-18-13/h4-5,8,10,12H,1-3,6-7,9H2,(H,16,17). The van der Waals surface area contributed by atoms with Gasteiger partial charge in [0.15, 0.2) is 11.5 Å². The Bertz CT molecular complexity index is 479. The molecular weight excluding hydrogens is 244 g/mol. The normalized spacial score (nSPS) is 19.6. The van der Waals surface area contributed by atoms with E-state index >= 15 is 0 Å². The van der Waals surface area contributed by atoms with Crippen LogP contribution < -0.4 is 9.47 Å². The molecule has 3 rings (SSSR count). The number of rotatable bonds is 4. The van der Waals surface area contributed by atoms with E-state index in [2.05, 4.69) is 0 Å². The Labute approximate surface area is 112 Å². The number of aliphatic carboxylic acids is 1. The average molecular weight is 262 g/mol. The van der Waals surface area contributed by atoms with Gasteiger partial charge < -0.3 is 14.6 Å². The minimum atomic E-state index is -0.732. The molecule has 1 aromatic rings. The van der Waals surface area contributed by atoms with Gasteiger partial charge in [-0.05, 0) is 42.4 Å². The van der Waals surface area contributed by atoms with Gasteiger partial charge in [-0.2, -0.15) is 0 Å². The number of hydrogen-bond donors (Lipinski definition) is 1. The fraction of sp³-hybridized carbons (Fsp3) is 0.533. The number of benzene rings is 1. The number of carboxylic acid groups (broad SMARTS) is 1. The number of ether oxygens (including phenoxy) is 2. The lowest BCUT2D eigenvalue weighted by molar-refractivity contribution is -0.137. The van der Waals surface area contributed by atoms with Gasteiger partial charge in [-0.1, -0.05) is 6.07 Å². The average Bonchev–Trinajstić information content (AvgIpc) is 3.21. The van der Waals surface area contributed by atoms with Crippen LogP contribution in [0.5, 0.6) is 11.5 Å². The molecule has 1 saturated carbocycles. The van der Waals surface area contributed by atoms with E-state index in [1.165, 1.54) is 0 Å². The second-order valence-corrected chi connectivity index (χ2v) is 5.30. The third kappa shape index (κ3) is 2.83. The molecule has 19 heavy (non-hydrogen) atoms. The molecule has 1 aliphatic heterocycles. The predicted molar refractivity (Wildman–Crippen MR) is 69.8 cm³/mol. The van der Waals surface area contributed by atoms with Crippen molar-refractivity contribution < 1.29 is 19.4 Å². The Morgan fingerprint density at radius 1 is 1.26 bits per heavy atom. The summed E-state index contributed by atoms with van der Waals surface area (Å²) in [5, 5.41) is 9.05. The molecule has 0 amide bonds. The van der Waals surface area contributed by atoms with E-state index in [0.29, 0.717) is 19.1 Å². The number of hydrogen-bond acceptors (Lipinski definition) is 3. The van der Waals surface area contributed by atoms with Gasteiger partial charge in [-0.3, -0.25) is 4.79 Å². The second kappa shape index (κ2) is 5.11. The monoisotopic (exact) mass is 262 g/mol. The molecule has 102 valence electrons. The second-order valence-electron chi connectivity index (χ2n) is 5.30. The zero-order chi connectivity index (χ0) is 13.2. The van der Waals surface area contributed by atoms with Gasteiger partial charge in [0, 0.05) is 6.42 Å². The minimum Gasteiger partial charge on any atom is -0.490 e. The van der Waals surface area contributed by atoms with Crippen LogP contribution in [0.4, 0.5) is 0 Å². The fourth-order valence-electron chi connectivity index (χ4n) is 2.65. The van der Waals surface area contributed by atoms with Crippen molar-refractivity contribution in [3.05, 3.63) is 23.8 Å². The van der Waals surface area contributed by atoms with Crippen LogP contribution in [0.3, 0.4) is 0 Å². The zero-order valence-corrected chi connectivity index (χ0v) is 10.8. The molecule has 0 spiro atoms. The Morgan fingerprint density at radius 2 is 2.00 bits per heavy atom. The highest BCUT2D eigenvalue weighted by atomic mass is 16.5. The van der Waals surface area contributed by atoms with Crippen LogP contribution in [0.1, 0.15) is 37.2 Å². The molecule has 1 N–H and O–H groups in total. The van der Waals surface area contributed by atoms with Gasteiger partial charge in [0.05, 0.1) is 19.6 Å². The van der Waals surface area contributed by atoms with Crippen molar-refractivity contribution in [1.82, 2.24) is 0 Å². The minimum absolute atomic E-state index is 0.106. The summed E-state index contributed by atoms with van der Waals surface area (Å²) >= 11 is 0. The number of carbonyl (C=O) groups is 1. The lowest BCUT2D eigenvalue weighted by Crippen LogP contribution is -2.08. The van der Waals surface area contributed by atoms with E-state index in [-0.39, 0.29) is 12.3 Å². The van der Waals surface area contributed by atoms with Gasteiger partial charge >= 0.3 is 5.97 Å². The van der Waals surface area contributed by atoms with Crippen molar-refractivity contribution in [2.75, 3.05) is 13.2 Å². The number of fused-ring (bicyclic) bond motifs is 1. The number of carboxylic acids is 1. The van der Waals surface area contributed by atoms with Crippen LogP contribution in [0.15, 0.2) is 18.2 Å². The molecule has 1 atom stereocenters. The summed E-state index contributed by atoms with van der Waals surface area (Å²) in [5.41, 5.74) is 1.06. The first kappa shape index (κ1) is 12.3. The summed E-state index contributed by atoms with van der Waals surface area (Å²) in [6.45, 7) is 1.33. The highest BCUT2D eigenvalue weighted by molar-refractivity contribution is 5.68. The fourth-order valence-corrected chi connectivity index (χ4v) is 2.65. The lowest BCUT2D eigenvalue weighted by atomic mass is 9.91. The molecule has 2 aliphatic rings. The molecule has 1 aromatic carbocycles. The van der Waals surface area contributed by atoms with Gasteiger partial charge in [0.25, 0.3) is 0 Å². The van der Waals surface area contributed by atoms with Crippen molar-refractivity contribution in [2.24, 2.45) is 5.92 Å². The Morgan fingerprint density at radius 3 is 2.68 bits per heavy atom. The van der Waals surface area contributed by atoms with E-state index in [4.69, 9.17) is 14.6 Å². The Kier molecular flexibility index (Phi) is 3.32. The van der Waals surface area contributed by atoms with Gasteiger partial charge in [-0.15, -0.1) is 0 Å². The summed E-state index contributed by atoms with van der Waals surface area (Å²) in [7, 11) is 0. The smallest absolute Gasteiger partial charge is 0.303 e. The van der Waals surface area contributed by atoms with Crippen LogP contribution in [0, 0.1) is 5.92 Å². The van der Waals surface area contributed by atoms with E-state index in [9.17, 15) is 4.79 Å². The molecule has 0 bridgehead atoms. The predicted octanol–water partition coefficient (Wildman–Crippen LogP) is 2.82. The molecular formula is C15H18O4. The molecule has 0 aromatic heterocycles. The van der Waals surface area contributed by atoms with Crippen molar-refractivity contribution in [2.45, 2.75) is 31.6 Å². The molecule has 1 aliphatic carbocycles. The van der Waals surface area contributed by atoms with E-state index in [0.717, 1.165) is 36.3 Å². The summed E-state index contributed by atoms with van der Waals surface area (Å²) in [4.78, 5) is 11.0. The maximum atomic E-state index is 11.0. The van der Waals surface area contributed by atoms with Crippen LogP contribution in [0.2, 0.25) is 0 Å². The van der Waals surface area contributed by atoms with E-state index in [1.54, 1.807) is 0 Å². The highest BCUT2D eigenvalue weighted by Crippen LogP contribution is 2.46. The Balaban J connectivity index is 1.86. The maximum Gasteiger partial charge on any atom is 0.303 e. The first-order valence-corrected chi connectivity index (χ1v) is 6.85. The molecule has 1 unspecified atom stereocenters.